The molecule has 1 aliphatic rings. The topological polar surface area (TPSA) is 30.5 Å². The van der Waals surface area contributed by atoms with Gasteiger partial charge >= 0.3 is 0 Å². The van der Waals surface area contributed by atoms with Crippen molar-refractivity contribution in [1.82, 2.24) is 5.32 Å². The van der Waals surface area contributed by atoms with Crippen LogP contribution in [0, 0.1) is 0 Å². The summed E-state index contributed by atoms with van der Waals surface area (Å²) in [5, 5.41) is 3.35. The standard InChI is InChI=1S/C14H21NO2/c1-15-13-5-3-4-6-14(13)17-12-9-7-11(16-2)8-10-12/h7-10,13-15H,3-6H2,1-2H3. The van der Waals surface area contributed by atoms with Gasteiger partial charge in [-0.25, -0.2) is 0 Å². The van der Waals surface area contributed by atoms with Crippen molar-refractivity contribution in [2.45, 2.75) is 37.8 Å². The van der Waals surface area contributed by atoms with Crippen molar-refractivity contribution in [3.8, 4) is 11.5 Å². The number of likely N-dealkylation sites (N-methyl/N-ethyl adjacent to an activating group) is 1. The Kier molecular flexibility index (Phi) is 4.26. The molecule has 1 saturated carbocycles. The number of methoxy groups -OCH3 is 1. The molecule has 0 spiro atoms. The first-order chi connectivity index (χ1) is 8.33. The van der Waals surface area contributed by atoms with E-state index in [4.69, 9.17) is 9.47 Å². The highest BCUT2D eigenvalue weighted by Gasteiger charge is 2.25. The van der Waals surface area contributed by atoms with Crippen LogP contribution in [0.2, 0.25) is 0 Å². The largest absolute Gasteiger partial charge is 0.497 e. The van der Waals surface area contributed by atoms with Crippen LogP contribution in [0.15, 0.2) is 24.3 Å². The lowest BCUT2D eigenvalue weighted by molar-refractivity contribution is 0.118. The predicted molar refractivity (Wildman–Crippen MR) is 68.7 cm³/mol. The fraction of sp³-hybridized carbons (Fsp3) is 0.571. The lowest BCUT2D eigenvalue weighted by atomic mass is 9.92. The van der Waals surface area contributed by atoms with E-state index in [0.29, 0.717) is 12.1 Å². The molecule has 0 amide bonds. The zero-order chi connectivity index (χ0) is 12.1. The first-order valence-corrected chi connectivity index (χ1v) is 6.31. The molecule has 17 heavy (non-hydrogen) atoms. The summed E-state index contributed by atoms with van der Waals surface area (Å²) in [4.78, 5) is 0. The Bertz CT molecular complexity index is 337. The third kappa shape index (κ3) is 3.13. The number of rotatable bonds is 4. The van der Waals surface area contributed by atoms with E-state index in [2.05, 4.69) is 5.32 Å². The molecule has 0 saturated heterocycles. The molecule has 1 N–H and O–H groups in total. The summed E-state index contributed by atoms with van der Waals surface area (Å²) in [6, 6.07) is 8.30. The highest BCUT2D eigenvalue weighted by molar-refractivity contribution is 5.31. The third-order valence-corrected chi connectivity index (χ3v) is 3.42. The van der Waals surface area contributed by atoms with Gasteiger partial charge in [-0.2, -0.15) is 0 Å². The zero-order valence-electron chi connectivity index (χ0n) is 10.6. The first kappa shape index (κ1) is 12.2. The number of hydrogen-bond donors (Lipinski definition) is 1. The van der Waals surface area contributed by atoms with Crippen molar-refractivity contribution >= 4 is 0 Å². The van der Waals surface area contributed by atoms with Gasteiger partial charge in [-0.15, -0.1) is 0 Å². The minimum absolute atomic E-state index is 0.294. The molecule has 2 rings (SSSR count). The van der Waals surface area contributed by atoms with Crippen LogP contribution in [-0.4, -0.2) is 26.3 Å². The zero-order valence-corrected chi connectivity index (χ0v) is 10.6. The van der Waals surface area contributed by atoms with Gasteiger partial charge < -0.3 is 14.8 Å². The molecule has 0 radical (unpaired) electrons. The molecule has 94 valence electrons. The van der Waals surface area contributed by atoms with Crippen LogP contribution >= 0.6 is 0 Å². The van der Waals surface area contributed by atoms with E-state index < -0.39 is 0 Å². The van der Waals surface area contributed by atoms with E-state index in [9.17, 15) is 0 Å². The predicted octanol–water partition coefficient (Wildman–Crippen LogP) is 2.60. The molecule has 0 aliphatic heterocycles. The maximum Gasteiger partial charge on any atom is 0.120 e. The molecule has 1 aliphatic carbocycles. The quantitative estimate of drug-likeness (QED) is 0.870. The minimum atomic E-state index is 0.294. The molecule has 1 aromatic rings. The van der Waals surface area contributed by atoms with Gasteiger partial charge in [0.15, 0.2) is 0 Å². The maximum atomic E-state index is 6.04. The highest BCUT2D eigenvalue weighted by atomic mass is 16.5. The van der Waals surface area contributed by atoms with Crippen molar-refractivity contribution in [2.75, 3.05) is 14.2 Å². The van der Waals surface area contributed by atoms with E-state index in [-0.39, 0.29) is 0 Å². The number of hydrogen-bond acceptors (Lipinski definition) is 3. The molecule has 3 heteroatoms. The Hall–Kier alpha value is -1.22. The SMILES string of the molecule is CNC1CCCCC1Oc1ccc(OC)cc1. The Labute approximate surface area is 103 Å². The normalized spacial score (nSPS) is 24.4. The molecular formula is C14H21NO2. The molecule has 0 bridgehead atoms. The van der Waals surface area contributed by atoms with Crippen molar-refractivity contribution in [2.24, 2.45) is 0 Å². The fourth-order valence-electron chi connectivity index (χ4n) is 2.40. The summed E-state index contributed by atoms with van der Waals surface area (Å²) in [7, 11) is 3.69. The van der Waals surface area contributed by atoms with Crippen molar-refractivity contribution in [1.29, 1.82) is 0 Å². The molecule has 1 aromatic carbocycles. The smallest absolute Gasteiger partial charge is 0.120 e. The van der Waals surface area contributed by atoms with E-state index >= 15 is 0 Å². The van der Waals surface area contributed by atoms with Crippen LogP contribution in [0.1, 0.15) is 25.7 Å². The van der Waals surface area contributed by atoms with Gasteiger partial charge in [-0.3, -0.25) is 0 Å². The van der Waals surface area contributed by atoms with Crippen LogP contribution in [0.5, 0.6) is 11.5 Å². The van der Waals surface area contributed by atoms with Gasteiger partial charge in [-0.05, 0) is 50.6 Å². The molecule has 0 heterocycles. The van der Waals surface area contributed by atoms with Gasteiger partial charge in [-0.1, -0.05) is 6.42 Å². The summed E-state index contributed by atoms with van der Waals surface area (Å²) < 4.78 is 11.2. The fourth-order valence-corrected chi connectivity index (χ4v) is 2.40. The summed E-state index contributed by atoms with van der Waals surface area (Å²) in [5.41, 5.74) is 0. The second-order valence-corrected chi connectivity index (χ2v) is 4.51. The summed E-state index contributed by atoms with van der Waals surface area (Å²) in [5.74, 6) is 1.80. The molecule has 3 nitrogen and oxygen atoms in total. The number of benzene rings is 1. The Morgan fingerprint density at radius 1 is 1.06 bits per heavy atom. The summed E-state index contributed by atoms with van der Waals surface area (Å²) >= 11 is 0. The minimum Gasteiger partial charge on any atom is -0.497 e. The highest BCUT2D eigenvalue weighted by Crippen LogP contribution is 2.25. The second kappa shape index (κ2) is 5.92. The van der Waals surface area contributed by atoms with Crippen molar-refractivity contribution in [3.05, 3.63) is 24.3 Å². The number of ether oxygens (including phenoxy) is 2. The lowest BCUT2D eigenvalue weighted by Gasteiger charge is -2.31. The van der Waals surface area contributed by atoms with E-state index in [1.807, 2.05) is 31.3 Å². The maximum absolute atomic E-state index is 6.04. The lowest BCUT2D eigenvalue weighted by Crippen LogP contribution is -2.43. The summed E-state index contributed by atoms with van der Waals surface area (Å²) in [6.45, 7) is 0. The van der Waals surface area contributed by atoms with Crippen molar-refractivity contribution in [3.63, 3.8) is 0 Å². The van der Waals surface area contributed by atoms with E-state index in [1.165, 1.54) is 19.3 Å². The molecule has 0 aromatic heterocycles. The first-order valence-electron chi connectivity index (χ1n) is 6.31. The Balaban J connectivity index is 1.98. The van der Waals surface area contributed by atoms with Gasteiger partial charge in [0.25, 0.3) is 0 Å². The monoisotopic (exact) mass is 235 g/mol. The Morgan fingerprint density at radius 3 is 2.35 bits per heavy atom. The number of nitrogens with one attached hydrogen (secondary N) is 1. The van der Waals surface area contributed by atoms with E-state index in [1.54, 1.807) is 7.11 Å². The van der Waals surface area contributed by atoms with Crippen LogP contribution in [0.25, 0.3) is 0 Å². The average Bonchev–Trinajstić information content (AvgIpc) is 2.40. The van der Waals surface area contributed by atoms with Crippen molar-refractivity contribution < 1.29 is 9.47 Å². The molecular weight excluding hydrogens is 214 g/mol. The Morgan fingerprint density at radius 2 is 1.71 bits per heavy atom. The van der Waals surface area contributed by atoms with E-state index in [0.717, 1.165) is 17.9 Å². The van der Waals surface area contributed by atoms with Crippen LogP contribution < -0.4 is 14.8 Å². The summed E-state index contributed by atoms with van der Waals surface area (Å²) in [6.07, 6.45) is 5.20. The van der Waals surface area contributed by atoms with Gasteiger partial charge in [0.05, 0.1) is 7.11 Å². The molecule has 1 fully saturated rings. The molecule has 2 atom stereocenters. The second-order valence-electron chi connectivity index (χ2n) is 4.51. The van der Waals surface area contributed by atoms with Gasteiger partial charge in [0.2, 0.25) is 0 Å². The molecule has 2 unspecified atom stereocenters. The van der Waals surface area contributed by atoms with Crippen LogP contribution in [0.4, 0.5) is 0 Å². The average molecular weight is 235 g/mol. The van der Waals surface area contributed by atoms with Gasteiger partial charge in [0, 0.05) is 6.04 Å². The van der Waals surface area contributed by atoms with Gasteiger partial charge in [0.1, 0.15) is 17.6 Å². The van der Waals surface area contributed by atoms with Crippen LogP contribution in [-0.2, 0) is 0 Å². The van der Waals surface area contributed by atoms with Crippen LogP contribution in [0.3, 0.4) is 0 Å². The third-order valence-electron chi connectivity index (χ3n) is 3.42.